The number of ether oxygens (including phenoxy) is 2. The monoisotopic (exact) mass is 519 g/mol. The standard InChI is InChI=1S/C35H37NO3/c1-3-4-21-36-23-28(37)24-39-30-19-15-26(16-20-30)35(25-13-17-29(38-2)18-14-25)34-22-27-9-5-6-10-31(27)32-11-7-8-12-33(32)34/h5-20,22,28,35-37H,3-4,21,23-24H2,1-2H3. The first-order chi connectivity index (χ1) is 19.2. The molecule has 4 heteroatoms. The first-order valence-electron chi connectivity index (χ1n) is 13.8. The van der Waals surface area contributed by atoms with Crippen LogP contribution in [0.15, 0.2) is 103 Å². The lowest BCUT2D eigenvalue weighted by Gasteiger charge is -2.23. The maximum atomic E-state index is 10.3. The molecule has 0 aliphatic rings. The number of aliphatic hydroxyl groups is 1. The van der Waals surface area contributed by atoms with Gasteiger partial charge in [0.25, 0.3) is 0 Å². The second-order valence-corrected chi connectivity index (χ2v) is 10.0. The van der Waals surface area contributed by atoms with Crippen LogP contribution in [0.4, 0.5) is 0 Å². The molecule has 4 nitrogen and oxygen atoms in total. The molecule has 5 aromatic carbocycles. The van der Waals surface area contributed by atoms with E-state index >= 15 is 0 Å². The largest absolute Gasteiger partial charge is 0.497 e. The van der Waals surface area contributed by atoms with Crippen molar-refractivity contribution >= 4 is 21.5 Å². The van der Waals surface area contributed by atoms with Gasteiger partial charge in [0, 0.05) is 12.5 Å². The number of hydrogen-bond acceptors (Lipinski definition) is 4. The van der Waals surface area contributed by atoms with Crippen molar-refractivity contribution in [2.24, 2.45) is 0 Å². The predicted octanol–water partition coefficient (Wildman–Crippen LogP) is 7.31. The van der Waals surface area contributed by atoms with E-state index in [4.69, 9.17) is 9.47 Å². The molecule has 2 atom stereocenters. The Morgan fingerprint density at radius 2 is 1.36 bits per heavy atom. The van der Waals surface area contributed by atoms with Gasteiger partial charge in [0.1, 0.15) is 24.2 Å². The van der Waals surface area contributed by atoms with Gasteiger partial charge in [0.2, 0.25) is 0 Å². The molecule has 5 rings (SSSR count). The average Bonchev–Trinajstić information content (AvgIpc) is 2.99. The third kappa shape index (κ3) is 6.25. The first-order valence-corrected chi connectivity index (χ1v) is 13.8. The van der Waals surface area contributed by atoms with Crippen molar-refractivity contribution in [2.75, 3.05) is 26.8 Å². The topological polar surface area (TPSA) is 50.7 Å². The summed E-state index contributed by atoms with van der Waals surface area (Å²) in [7, 11) is 1.69. The van der Waals surface area contributed by atoms with Gasteiger partial charge < -0.3 is 19.9 Å². The Bertz CT molecular complexity index is 1490. The van der Waals surface area contributed by atoms with E-state index in [0.29, 0.717) is 6.54 Å². The minimum absolute atomic E-state index is 0.0211. The van der Waals surface area contributed by atoms with Gasteiger partial charge >= 0.3 is 0 Å². The molecular weight excluding hydrogens is 482 g/mol. The molecule has 0 aliphatic heterocycles. The molecule has 0 radical (unpaired) electrons. The average molecular weight is 520 g/mol. The summed E-state index contributed by atoms with van der Waals surface area (Å²) in [4.78, 5) is 0. The quantitative estimate of drug-likeness (QED) is 0.103. The van der Waals surface area contributed by atoms with Gasteiger partial charge in [0.05, 0.1) is 7.11 Å². The normalized spacial score (nSPS) is 12.9. The fraction of sp³-hybridized carbons (Fsp3) is 0.257. The molecule has 0 saturated heterocycles. The van der Waals surface area contributed by atoms with Crippen LogP contribution < -0.4 is 14.8 Å². The molecule has 2 unspecified atom stereocenters. The number of unbranched alkanes of at least 4 members (excludes halogenated alkanes) is 1. The first kappa shape index (κ1) is 26.7. The van der Waals surface area contributed by atoms with Gasteiger partial charge in [0.15, 0.2) is 0 Å². The summed E-state index contributed by atoms with van der Waals surface area (Å²) in [5.74, 6) is 1.61. The summed E-state index contributed by atoms with van der Waals surface area (Å²) >= 11 is 0. The number of nitrogens with one attached hydrogen (secondary N) is 1. The summed E-state index contributed by atoms with van der Waals surface area (Å²) < 4.78 is 11.4. The third-order valence-electron chi connectivity index (χ3n) is 7.30. The second-order valence-electron chi connectivity index (χ2n) is 10.0. The van der Waals surface area contributed by atoms with Crippen LogP contribution in [-0.2, 0) is 0 Å². The van der Waals surface area contributed by atoms with E-state index in [0.717, 1.165) is 30.9 Å². The zero-order chi connectivity index (χ0) is 27.0. The van der Waals surface area contributed by atoms with E-state index < -0.39 is 6.10 Å². The van der Waals surface area contributed by atoms with Crippen molar-refractivity contribution in [3.63, 3.8) is 0 Å². The van der Waals surface area contributed by atoms with Crippen LogP contribution in [0, 0.1) is 0 Å². The van der Waals surface area contributed by atoms with Crippen molar-refractivity contribution in [1.82, 2.24) is 5.32 Å². The summed E-state index contributed by atoms with van der Waals surface area (Å²) in [5.41, 5.74) is 3.63. The molecule has 0 bridgehead atoms. The minimum Gasteiger partial charge on any atom is -0.497 e. The van der Waals surface area contributed by atoms with E-state index in [2.05, 4.69) is 91.1 Å². The highest BCUT2D eigenvalue weighted by atomic mass is 16.5. The van der Waals surface area contributed by atoms with E-state index in [1.54, 1.807) is 7.11 Å². The molecule has 0 spiro atoms. The Hall–Kier alpha value is -3.86. The summed E-state index contributed by atoms with van der Waals surface area (Å²) in [5, 5.41) is 18.6. The van der Waals surface area contributed by atoms with Crippen molar-refractivity contribution in [3.8, 4) is 11.5 Å². The number of hydrogen-bond donors (Lipinski definition) is 2. The molecule has 200 valence electrons. The van der Waals surface area contributed by atoms with Crippen molar-refractivity contribution in [3.05, 3.63) is 120 Å². The molecule has 0 aromatic heterocycles. The molecule has 0 amide bonds. The van der Waals surface area contributed by atoms with Gasteiger partial charge in [-0.05, 0) is 81.5 Å². The van der Waals surface area contributed by atoms with Crippen LogP contribution in [0.25, 0.3) is 21.5 Å². The van der Waals surface area contributed by atoms with Crippen LogP contribution >= 0.6 is 0 Å². The molecule has 0 fully saturated rings. The number of fused-ring (bicyclic) bond motifs is 3. The number of benzene rings is 5. The van der Waals surface area contributed by atoms with E-state index in [1.807, 2.05) is 24.3 Å². The maximum absolute atomic E-state index is 10.3. The van der Waals surface area contributed by atoms with Crippen molar-refractivity contribution in [1.29, 1.82) is 0 Å². The summed E-state index contributed by atoms with van der Waals surface area (Å²) in [6.45, 7) is 3.87. The lowest BCUT2D eigenvalue weighted by Crippen LogP contribution is -2.31. The molecule has 0 aliphatic carbocycles. The molecule has 0 saturated carbocycles. The SMILES string of the molecule is CCCCNCC(O)COc1ccc(C(c2ccc(OC)cc2)c2cc3ccccc3c3ccccc23)cc1. The molecular formula is C35H37NO3. The Morgan fingerprint density at radius 3 is 2.03 bits per heavy atom. The highest BCUT2D eigenvalue weighted by Crippen LogP contribution is 2.40. The fourth-order valence-electron chi connectivity index (χ4n) is 5.25. The zero-order valence-electron chi connectivity index (χ0n) is 22.8. The molecule has 2 N–H and O–H groups in total. The van der Waals surface area contributed by atoms with Crippen LogP contribution in [0.1, 0.15) is 42.4 Å². The van der Waals surface area contributed by atoms with Gasteiger partial charge in [-0.2, -0.15) is 0 Å². The predicted molar refractivity (Wildman–Crippen MR) is 161 cm³/mol. The Balaban J connectivity index is 1.48. The number of aliphatic hydroxyl groups excluding tert-OH is 1. The Morgan fingerprint density at radius 1 is 0.744 bits per heavy atom. The van der Waals surface area contributed by atoms with E-state index in [1.165, 1.54) is 38.2 Å². The van der Waals surface area contributed by atoms with Gasteiger partial charge in [-0.25, -0.2) is 0 Å². The van der Waals surface area contributed by atoms with E-state index in [9.17, 15) is 5.11 Å². The summed E-state index contributed by atoms with van der Waals surface area (Å²) in [6, 6.07) is 36.2. The molecule has 5 aromatic rings. The fourth-order valence-corrected chi connectivity index (χ4v) is 5.25. The summed E-state index contributed by atoms with van der Waals surface area (Å²) in [6.07, 6.45) is 1.70. The third-order valence-corrected chi connectivity index (χ3v) is 7.30. The Labute approximate surface area is 231 Å². The number of methoxy groups -OCH3 is 1. The van der Waals surface area contributed by atoms with Crippen LogP contribution in [0.3, 0.4) is 0 Å². The van der Waals surface area contributed by atoms with Crippen LogP contribution in [-0.4, -0.2) is 38.0 Å². The lowest BCUT2D eigenvalue weighted by atomic mass is 9.81. The zero-order valence-corrected chi connectivity index (χ0v) is 22.8. The highest BCUT2D eigenvalue weighted by molar-refractivity contribution is 6.09. The van der Waals surface area contributed by atoms with Crippen LogP contribution in [0.5, 0.6) is 11.5 Å². The number of rotatable bonds is 12. The smallest absolute Gasteiger partial charge is 0.119 e. The highest BCUT2D eigenvalue weighted by Gasteiger charge is 2.21. The Kier molecular flexibility index (Phi) is 8.77. The maximum Gasteiger partial charge on any atom is 0.119 e. The van der Waals surface area contributed by atoms with Gasteiger partial charge in [-0.15, -0.1) is 0 Å². The molecule has 0 heterocycles. The van der Waals surface area contributed by atoms with Crippen molar-refractivity contribution in [2.45, 2.75) is 31.8 Å². The van der Waals surface area contributed by atoms with Gasteiger partial charge in [-0.1, -0.05) is 86.1 Å². The van der Waals surface area contributed by atoms with E-state index in [-0.39, 0.29) is 12.5 Å². The van der Waals surface area contributed by atoms with Gasteiger partial charge in [-0.3, -0.25) is 0 Å². The molecule has 39 heavy (non-hydrogen) atoms. The van der Waals surface area contributed by atoms with Crippen molar-refractivity contribution < 1.29 is 14.6 Å². The lowest BCUT2D eigenvalue weighted by molar-refractivity contribution is 0.106. The minimum atomic E-state index is -0.544. The second kappa shape index (κ2) is 12.8. The van der Waals surface area contributed by atoms with Crippen LogP contribution in [0.2, 0.25) is 0 Å².